The number of carbonyl (C=O) groups excluding carboxylic acids is 3. The van der Waals surface area contributed by atoms with Gasteiger partial charge in [0.25, 0.3) is 0 Å². The monoisotopic (exact) mass is 665 g/mol. The number of aliphatic hydroxyl groups excluding tert-OH is 1. The van der Waals surface area contributed by atoms with Crippen molar-refractivity contribution in [2.45, 2.75) is 59.8 Å². The van der Waals surface area contributed by atoms with Crippen molar-refractivity contribution in [1.82, 2.24) is 14.7 Å². The van der Waals surface area contributed by atoms with Crippen molar-refractivity contribution in [2.75, 3.05) is 19.7 Å². The van der Waals surface area contributed by atoms with Gasteiger partial charge in [-0.25, -0.2) is 0 Å². The Morgan fingerprint density at radius 1 is 1.02 bits per heavy atom. The summed E-state index contributed by atoms with van der Waals surface area (Å²) in [6, 6.07) is 18.2. The van der Waals surface area contributed by atoms with Gasteiger partial charge in [-0.3, -0.25) is 14.4 Å². The van der Waals surface area contributed by atoms with Gasteiger partial charge >= 0.3 is 0 Å². The van der Waals surface area contributed by atoms with Crippen molar-refractivity contribution >= 4 is 45.4 Å². The number of hydrogen-bond acceptors (Lipinski definition) is 5. The summed E-state index contributed by atoms with van der Waals surface area (Å²) < 4.78 is -0.793. The van der Waals surface area contributed by atoms with E-state index in [-0.39, 0.29) is 34.4 Å². The van der Waals surface area contributed by atoms with Gasteiger partial charge in [0.15, 0.2) is 0 Å². The lowest BCUT2D eigenvalue weighted by molar-refractivity contribution is -0.147. The maximum atomic E-state index is 14.7. The number of amides is 3. The number of aliphatic hydroxyl groups is 1. The molecule has 2 bridgehead atoms. The van der Waals surface area contributed by atoms with Gasteiger partial charge in [0.1, 0.15) is 6.04 Å². The summed E-state index contributed by atoms with van der Waals surface area (Å²) in [5, 5.41) is 10.3. The molecule has 5 rings (SSSR count). The third-order valence-corrected chi connectivity index (χ3v) is 12.3. The molecule has 3 aliphatic rings. The van der Waals surface area contributed by atoms with E-state index >= 15 is 0 Å². The van der Waals surface area contributed by atoms with E-state index in [1.54, 1.807) is 38.6 Å². The molecule has 3 aliphatic heterocycles. The Labute approximate surface area is 267 Å². The number of rotatable bonds is 13. The molecule has 9 heteroatoms. The summed E-state index contributed by atoms with van der Waals surface area (Å²) in [5.41, 5.74) is 1.98. The Hall–Kier alpha value is -2.88. The van der Waals surface area contributed by atoms with Gasteiger partial charge in [-0.2, -0.15) is 0 Å². The van der Waals surface area contributed by atoms with Crippen LogP contribution >= 0.6 is 27.7 Å². The van der Waals surface area contributed by atoms with Crippen LogP contribution in [0.3, 0.4) is 0 Å². The van der Waals surface area contributed by atoms with Gasteiger partial charge in [0.2, 0.25) is 17.7 Å². The molecule has 1 spiro atoms. The average Bonchev–Trinajstić information content (AvgIpc) is 3.61. The maximum absolute atomic E-state index is 14.7. The van der Waals surface area contributed by atoms with Gasteiger partial charge in [0.05, 0.1) is 29.2 Å². The predicted molar refractivity (Wildman–Crippen MR) is 174 cm³/mol. The van der Waals surface area contributed by atoms with Gasteiger partial charge < -0.3 is 19.8 Å². The molecular formula is C34H40BrN3O4S. The van der Waals surface area contributed by atoms with E-state index < -0.39 is 28.7 Å². The summed E-state index contributed by atoms with van der Waals surface area (Å²) in [6.07, 6.45) is 4.50. The standard InChI is InChI=1S/C34H40BrN3O4S/c1-4-17-36(20-23-13-9-7-10-14-23)31(40)27-28-32(41)38(25(6-3)22-39)30(34(28)19-26(35)29(27)43-34)33(42)37(18-5-2)21-24-15-11-8-12-16-24/h4-5,7-16,25-30,39H,1-2,6,17-22H2,3H3/t25-,26?,27-,28-,29-,30?,34?/m0/s1. The lowest BCUT2D eigenvalue weighted by Gasteiger charge is -2.40. The van der Waals surface area contributed by atoms with E-state index in [9.17, 15) is 19.5 Å². The minimum Gasteiger partial charge on any atom is -0.394 e. The molecule has 7 nitrogen and oxygen atoms in total. The summed E-state index contributed by atoms with van der Waals surface area (Å²) in [6.45, 7) is 10.9. The summed E-state index contributed by atoms with van der Waals surface area (Å²) in [5.74, 6) is -1.73. The fraction of sp³-hybridized carbons (Fsp3) is 0.441. The first-order valence-electron chi connectivity index (χ1n) is 14.9. The average molecular weight is 667 g/mol. The van der Waals surface area contributed by atoms with Gasteiger partial charge in [0, 0.05) is 36.3 Å². The van der Waals surface area contributed by atoms with Crippen LogP contribution in [0.25, 0.3) is 0 Å². The molecule has 0 radical (unpaired) electrons. The van der Waals surface area contributed by atoms with Crippen LogP contribution in [0.15, 0.2) is 86.0 Å². The molecule has 3 amide bonds. The minimum atomic E-state index is -0.805. The number of thioether (sulfide) groups is 1. The number of hydrogen-bond donors (Lipinski definition) is 1. The molecular weight excluding hydrogens is 626 g/mol. The lowest BCUT2D eigenvalue weighted by atomic mass is 9.70. The molecule has 7 atom stereocenters. The van der Waals surface area contributed by atoms with Crippen LogP contribution in [-0.4, -0.2) is 84.1 Å². The number of likely N-dealkylation sites (tertiary alicyclic amines) is 1. The van der Waals surface area contributed by atoms with Crippen LogP contribution < -0.4 is 0 Å². The summed E-state index contributed by atoms with van der Waals surface area (Å²) >= 11 is 5.49. The molecule has 2 aromatic carbocycles. The molecule has 3 heterocycles. The first-order chi connectivity index (χ1) is 20.8. The fourth-order valence-electron chi connectivity index (χ4n) is 7.20. The highest BCUT2D eigenvalue weighted by Crippen LogP contribution is 2.68. The second-order valence-corrected chi connectivity index (χ2v) is 14.4. The molecule has 2 aromatic rings. The molecule has 3 saturated heterocycles. The van der Waals surface area contributed by atoms with Gasteiger partial charge in [-0.1, -0.05) is 95.7 Å². The topological polar surface area (TPSA) is 81.2 Å². The summed E-state index contributed by atoms with van der Waals surface area (Å²) in [7, 11) is 0. The van der Waals surface area contributed by atoms with E-state index in [0.29, 0.717) is 39.0 Å². The molecule has 0 aromatic heterocycles. The van der Waals surface area contributed by atoms with E-state index in [1.165, 1.54) is 0 Å². The first-order valence-corrected chi connectivity index (χ1v) is 16.7. The van der Waals surface area contributed by atoms with Crippen molar-refractivity contribution in [3.63, 3.8) is 0 Å². The number of benzene rings is 2. The van der Waals surface area contributed by atoms with Crippen LogP contribution in [0.1, 0.15) is 30.9 Å². The maximum Gasteiger partial charge on any atom is 0.247 e. The van der Waals surface area contributed by atoms with Crippen molar-refractivity contribution in [3.8, 4) is 0 Å². The van der Waals surface area contributed by atoms with E-state index in [2.05, 4.69) is 29.1 Å². The van der Waals surface area contributed by atoms with Crippen LogP contribution in [-0.2, 0) is 27.5 Å². The Morgan fingerprint density at radius 3 is 2.05 bits per heavy atom. The van der Waals surface area contributed by atoms with E-state index in [1.807, 2.05) is 67.6 Å². The quantitative estimate of drug-likeness (QED) is 0.249. The van der Waals surface area contributed by atoms with Crippen molar-refractivity contribution in [2.24, 2.45) is 11.8 Å². The van der Waals surface area contributed by atoms with Crippen LogP contribution in [0.5, 0.6) is 0 Å². The van der Waals surface area contributed by atoms with Crippen molar-refractivity contribution in [3.05, 3.63) is 97.1 Å². The molecule has 1 N–H and O–H groups in total. The highest BCUT2D eigenvalue weighted by Gasteiger charge is 2.76. The zero-order valence-electron chi connectivity index (χ0n) is 24.6. The molecule has 228 valence electrons. The third kappa shape index (κ3) is 5.71. The van der Waals surface area contributed by atoms with Crippen molar-refractivity contribution in [1.29, 1.82) is 0 Å². The van der Waals surface area contributed by atoms with E-state index in [0.717, 1.165) is 11.1 Å². The number of fused-ring (bicyclic) bond motifs is 1. The molecule has 0 saturated carbocycles. The van der Waals surface area contributed by atoms with Crippen LogP contribution in [0.4, 0.5) is 0 Å². The van der Waals surface area contributed by atoms with E-state index in [4.69, 9.17) is 0 Å². The second kappa shape index (κ2) is 13.4. The Bertz CT molecular complexity index is 1340. The summed E-state index contributed by atoms with van der Waals surface area (Å²) in [4.78, 5) is 48.8. The van der Waals surface area contributed by atoms with Gasteiger partial charge in [-0.15, -0.1) is 24.9 Å². The number of carbonyl (C=O) groups is 3. The smallest absolute Gasteiger partial charge is 0.247 e. The Morgan fingerprint density at radius 2 is 1.56 bits per heavy atom. The Balaban J connectivity index is 1.55. The normalized spacial score (nSPS) is 27.9. The van der Waals surface area contributed by atoms with Gasteiger partial charge in [-0.05, 0) is 24.0 Å². The molecule has 0 aliphatic carbocycles. The SMILES string of the molecule is C=CCN(Cc1ccccc1)C(=O)C1N([C@@H](CC)CO)C(=O)[C@@H]2[C@H](C(=O)N(CC=C)Cc3ccccc3)[C@H]3SC12CC3Br. The third-order valence-electron chi connectivity index (χ3n) is 9.08. The second-order valence-electron chi connectivity index (χ2n) is 11.6. The predicted octanol–water partition coefficient (Wildman–Crippen LogP) is 4.65. The minimum absolute atomic E-state index is 0.0377. The number of halogens is 1. The highest BCUT2D eigenvalue weighted by molar-refractivity contribution is 9.09. The van der Waals surface area contributed by atoms with Crippen molar-refractivity contribution < 1.29 is 19.5 Å². The molecule has 43 heavy (non-hydrogen) atoms. The first kappa shape index (κ1) is 31.5. The highest BCUT2D eigenvalue weighted by atomic mass is 79.9. The Kier molecular flexibility index (Phi) is 9.83. The lowest BCUT2D eigenvalue weighted by Crippen LogP contribution is -2.57. The zero-order valence-corrected chi connectivity index (χ0v) is 27.0. The fourth-order valence-corrected chi connectivity index (χ4v) is 10.8. The van der Waals surface area contributed by atoms with Crippen LogP contribution in [0.2, 0.25) is 0 Å². The van der Waals surface area contributed by atoms with Crippen LogP contribution in [0, 0.1) is 11.8 Å². The zero-order chi connectivity index (χ0) is 30.7. The largest absolute Gasteiger partial charge is 0.394 e. The molecule has 3 fully saturated rings. The number of nitrogens with zero attached hydrogens (tertiary/aromatic N) is 3. The molecule has 3 unspecified atom stereocenters. The number of alkyl halides is 1.